The van der Waals surface area contributed by atoms with Gasteiger partial charge in [0.1, 0.15) is 0 Å². The van der Waals surface area contributed by atoms with E-state index < -0.39 is 0 Å². The van der Waals surface area contributed by atoms with Crippen LogP contribution in [-0.2, 0) is 0 Å². The van der Waals surface area contributed by atoms with Gasteiger partial charge in [0, 0.05) is 37.9 Å². The third-order valence-electron chi connectivity index (χ3n) is 3.82. The van der Waals surface area contributed by atoms with Crippen LogP contribution in [0, 0.1) is 5.92 Å². The highest BCUT2D eigenvalue weighted by atomic mass is 127. The summed E-state index contributed by atoms with van der Waals surface area (Å²) in [5, 5.41) is 0. The lowest BCUT2D eigenvalue weighted by Gasteiger charge is -2.21. The minimum Gasteiger partial charge on any atom is -0.370 e. The average Bonchev–Trinajstić information content (AvgIpc) is 3.23. The van der Waals surface area contributed by atoms with E-state index >= 15 is 0 Å². The summed E-state index contributed by atoms with van der Waals surface area (Å²) in [5.41, 5.74) is 7.28. The molecule has 0 radical (unpaired) electrons. The molecule has 1 unspecified atom stereocenters. The molecule has 1 heterocycles. The molecule has 20 heavy (non-hydrogen) atoms. The Labute approximate surface area is 138 Å². The van der Waals surface area contributed by atoms with Crippen molar-refractivity contribution in [1.82, 2.24) is 9.88 Å². The van der Waals surface area contributed by atoms with E-state index in [1.807, 2.05) is 19.3 Å². The topological polar surface area (TPSA) is 54.5 Å². The summed E-state index contributed by atoms with van der Waals surface area (Å²) in [6.45, 7) is 5.16. The van der Waals surface area contributed by atoms with Crippen molar-refractivity contribution in [1.29, 1.82) is 0 Å². The third-order valence-corrected chi connectivity index (χ3v) is 3.82. The van der Waals surface area contributed by atoms with E-state index in [0.717, 1.165) is 6.54 Å². The van der Waals surface area contributed by atoms with E-state index in [1.165, 1.54) is 18.4 Å². The van der Waals surface area contributed by atoms with Gasteiger partial charge in [0.25, 0.3) is 0 Å². The van der Waals surface area contributed by atoms with Crippen molar-refractivity contribution < 1.29 is 0 Å². The van der Waals surface area contributed by atoms with Gasteiger partial charge in [-0.15, -0.1) is 24.0 Å². The van der Waals surface area contributed by atoms with Crippen molar-refractivity contribution in [2.24, 2.45) is 16.6 Å². The Morgan fingerprint density at radius 3 is 2.70 bits per heavy atom. The minimum absolute atomic E-state index is 0. The lowest BCUT2D eigenvalue weighted by atomic mass is 9.89. The molecule has 2 N–H and O–H groups in total. The fourth-order valence-corrected chi connectivity index (χ4v) is 2.25. The molecule has 1 aromatic heterocycles. The van der Waals surface area contributed by atoms with Crippen LogP contribution < -0.4 is 5.73 Å². The number of guanidine groups is 1. The summed E-state index contributed by atoms with van der Waals surface area (Å²) < 4.78 is 0. The van der Waals surface area contributed by atoms with Gasteiger partial charge in [-0.05, 0) is 30.4 Å². The molecule has 1 atom stereocenters. The first-order valence-corrected chi connectivity index (χ1v) is 7.02. The molecule has 0 amide bonds. The highest BCUT2D eigenvalue weighted by Crippen LogP contribution is 2.26. The van der Waals surface area contributed by atoms with Crippen molar-refractivity contribution in [3.63, 3.8) is 0 Å². The van der Waals surface area contributed by atoms with Gasteiger partial charge in [-0.3, -0.25) is 9.98 Å². The second-order valence-corrected chi connectivity index (χ2v) is 5.68. The van der Waals surface area contributed by atoms with Gasteiger partial charge in [0.15, 0.2) is 5.96 Å². The molecule has 1 saturated carbocycles. The highest BCUT2D eigenvalue weighted by Gasteiger charge is 2.27. The second-order valence-electron chi connectivity index (χ2n) is 5.68. The summed E-state index contributed by atoms with van der Waals surface area (Å²) in [5.74, 6) is 1.56. The SMILES string of the molecule is CC(C)C(CN=C(N)N(C)C1CC1)c1cccnc1.I. The number of halogens is 1. The van der Waals surface area contributed by atoms with E-state index in [0.29, 0.717) is 23.8 Å². The zero-order valence-electron chi connectivity index (χ0n) is 12.5. The summed E-state index contributed by atoms with van der Waals surface area (Å²) >= 11 is 0. The molecule has 0 bridgehead atoms. The Morgan fingerprint density at radius 1 is 1.50 bits per heavy atom. The average molecular weight is 388 g/mol. The molecule has 1 aliphatic carbocycles. The molecule has 0 saturated heterocycles. The quantitative estimate of drug-likeness (QED) is 0.480. The highest BCUT2D eigenvalue weighted by molar-refractivity contribution is 14.0. The van der Waals surface area contributed by atoms with E-state index in [2.05, 4.69) is 34.8 Å². The van der Waals surface area contributed by atoms with Crippen LogP contribution in [0.5, 0.6) is 0 Å². The molecule has 5 heteroatoms. The first-order chi connectivity index (χ1) is 9.09. The summed E-state index contributed by atoms with van der Waals surface area (Å²) in [6.07, 6.45) is 6.21. The summed E-state index contributed by atoms with van der Waals surface area (Å²) in [6, 6.07) is 4.71. The van der Waals surface area contributed by atoms with Crippen molar-refractivity contribution in [2.75, 3.05) is 13.6 Å². The lowest BCUT2D eigenvalue weighted by molar-refractivity contribution is 0.473. The maximum Gasteiger partial charge on any atom is 0.191 e. The number of aromatic nitrogens is 1. The van der Waals surface area contributed by atoms with Crippen LogP contribution in [0.2, 0.25) is 0 Å². The molecule has 1 aromatic rings. The summed E-state index contributed by atoms with van der Waals surface area (Å²) in [4.78, 5) is 10.9. The van der Waals surface area contributed by atoms with Crippen molar-refractivity contribution >= 4 is 29.9 Å². The van der Waals surface area contributed by atoms with Crippen molar-refractivity contribution in [3.8, 4) is 0 Å². The second kappa shape index (κ2) is 7.81. The fraction of sp³-hybridized carbons (Fsp3) is 0.600. The number of nitrogens with two attached hydrogens (primary N) is 1. The lowest BCUT2D eigenvalue weighted by Crippen LogP contribution is -2.36. The Bertz CT molecular complexity index is 429. The molecule has 4 nitrogen and oxygen atoms in total. The zero-order chi connectivity index (χ0) is 13.8. The Morgan fingerprint density at radius 2 is 2.20 bits per heavy atom. The van der Waals surface area contributed by atoms with Crippen LogP contribution in [0.3, 0.4) is 0 Å². The smallest absolute Gasteiger partial charge is 0.191 e. The van der Waals surface area contributed by atoms with Gasteiger partial charge in [-0.1, -0.05) is 19.9 Å². The molecular formula is C15H25IN4. The number of hydrogen-bond acceptors (Lipinski definition) is 2. The van der Waals surface area contributed by atoms with Gasteiger partial charge in [0.2, 0.25) is 0 Å². The maximum atomic E-state index is 6.04. The number of hydrogen-bond donors (Lipinski definition) is 1. The molecule has 1 aliphatic rings. The van der Waals surface area contributed by atoms with Crippen LogP contribution in [0.1, 0.15) is 38.2 Å². The predicted octanol–water partition coefficient (Wildman–Crippen LogP) is 2.85. The minimum atomic E-state index is 0. The zero-order valence-corrected chi connectivity index (χ0v) is 14.8. The Hall–Kier alpha value is -0.850. The number of pyridine rings is 1. The third kappa shape index (κ3) is 4.61. The van der Waals surface area contributed by atoms with Crippen LogP contribution in [0.4, 0.5) is 0 Å². The number of nitrogens with zero attached hydrogens (tertiary/aromatic N) is 3. The molecular weight excluding hydrogens is 363 g/mol. The van der Waals surface area contributed by atoms with Crippen molar-refractivity contribution in [2.45, 2.75) is 38.6 Å². The fourth-order valence-electron chi connectivity index (χ4n) is 2.25. The van der Waals surface area contributed by atoms with Crippen LogP contribution in [-0.4, -0.2) is 35.5 Å². The van der Waals surface area contributed by atoms with Gasteiger partial charge < -0.3 is 10.6 Å². The molecule has 0 aliphatic heterocycles. The largest absolute Gasteiger partial charge is 0.370 e. The standard InChI is InChI=1S/C15H24N4.HI/c1-11(2)14(12-5-4-8-17-9-12)10-18-15(16)19(3)13-6-7-13;/h4-5,8-9,11,13-14H,6-7,10H2,1-3H3,(H2,16,18);1H. The van der Waals surface area contributed by atoms with E-state index in [-0.39, 0.29) is 24.0 Å². The maximum absolute atomic E-state index is 6.04. The Kier molecular flexibility index (Phi) is 6.71. The van der Waals surface area contributed by atoms with Crippen LogP contribution >= 0.6 is 24.0 Å². The van der Waals surface area contributed by atoms with Crippen LogP contribution in [0.25, 0.3) is 0 Å². The van der Waals surface area contributed by atoms with E-state index in [4.69, 9.17) is 5.73 Å². The van der Waals surface area contributed by atoms with Gasteiger partial charge >= 0.3 is 0 Å². The van der Waals surface area contributed by atoms with Gasteiger partial charge in [-0.2, -0.15) is 0 Å². The van der Waals surface area contributed by atoms with E-state index in [1.54, 1.807) is 6.20 Å². The summed E-state index contributed by atoms with van der Waals surface area (Å²) in [7, 11) is 2.03. The molecule has 2 rings (SSSR count). The Balaban J connectivity index is 0.00000200. The molecule has 0 aromatic carbocycles. The predicted molar refractivity (Wildman–Crippen MR) is 94.5 cm³/mol. The van der Waals surface area contributed by atoms with Gasteiger partial charge in [-0.25, -0.2) is 0 Å². The van der Waals surface area contributed by atoms with Gasteiger partial charge in [0.05, 0.1) is 0 Å². The van der Waals surface area contributed by atoms with Crippen LogP contribution in [0.15, 0.2) is 29.5 Å². The normalized spacial score (nSPS) is 16.7. The molecule has 112 valence electrons. The number of rotatable bonds is 5. The first-order valence-electron chi connectivity index (χ1n) is 7.02. The van der Waals surface area contributed by atoms with Crippen molar-refractivity contribution in [3.05, 3.63) is 30.1 Å². The van der Waals surface area contributed by atoms with E-state index in [9.17, 15) is 0 Å². The monoisotopic (exact) mass is 388 g/mol. The first kappa shape index (κ1) is 17.2. The molecule has 0 spiro atoms. The molecule has 1 fully saturated rings. The number of aliphatic imine (C=N–C) groups is 1.